The van der Waals surface area contributed by atoms with Crippen LogP contribution < -0.4 is 10.6 Å². The van der Waals surface area contributed by atoms with Gasteiger partial charge in [-0.05, 0) is 55.9 Å². The van der Waals surface area contributed by atoms with Gasteiger partial charge in [0.1, 0.15) is 0 Å². The lowest BCUT2D eigenvalue weighted by atomic mass is 10.0. The van der Waals surface area contributed by atoms with Crippen molar-refractivity contribution in [1.29, 1.82) is 0 Å². The third-order valence-electron chi connectivity index (χ3n) is 5.59. The molecule has 5 unspecified atom stereocenters. The monoisotopic (exact) mass is 236 g/mol. The molecule has 3 nitrogen and oxygen atoms in total. The molecule has 2 bridgehead atoms. The van der Waals surface area contributed by atoms with E-state index in [0.29, 0.717) is 6.10 Å². The van der Waals surface area contributed by atoms with E-state index in [1.807, 2.05) is 0 Å². The Morgan fingerprint density at radius 1 is 1.18 bits per heavy atom. The van der Waals surface area contributed by atoms with Crippen molar-refractivity contribution in [3.63, 3.8) is 0 Å². The lowest BCUT2D eigenvalue weighted by Crippen LogP contribution is -2.40. The first-order chi connectivity index (χ1) is 8.43. The lowest BCUT2D eigenvalue weighted by molar-refractivity contribution is 0.0237. The van der Waals surface area contributed by atoms with Crippen molar-refractivity contribution in [2.75, 3.05) is 26.2 Å². The summed E-state index contributed by atoms with van der Waals surface area (Å²) in [5, 5.41) is 7.20. The summed E-state index contributed by atoms with van der Waals surface area (Å²) >= 11 is 0. The van der Waals surface area contributed by atoms with Crippen molar-refractivity contribution in [2.24, 2.45) is 23.7 Å². The van der Waals surface area contributed by atoms with Gasteiger partial charge >= 0.3 is 0 Å². The molecule has 2 N–H and O–H groups in total. The van der Waals surface area contributed by atoms with Crippen molar-refractivity contribution in [3.8, 4) is 0 Å². The molecule has 0 aromatic carbocycles. The smallest absolute Gasteiger partial charge is 0.0712 e. The fraction of sp³-hybridized carbons (Fsp3) is 1.00. The van der Waals surface area contributed by atoms with E-state index in [2.05, 4.69) is 10.6 Å². The summed E-state index contributed by atoms with van der Waals surface area (Å²) in [5.74, 6) is 4.32. The van der Waals surface area contributed by atoms with Gasteiger partial charge in [0.2, 0.25) is 0 Å². The Hall–Kier alpha value is -0.120. The maximum atomic E-state index is 5.73. The molecule has 3 saturated carbocycles. The third-order valence-corrected chi connectivity index (χ3v) is 5.59. The van der Waals surface area contributed by atoms with Crippen molar-refractivity contribution < 1.29 is 4.74 Å². The Kier molecular flexibility index (Phi) is 2.67. The minimum atomic E-state index is 0.451. The Balaban J connectivity index is 1.20. The van der Waals surface area contributed by atoms with Gasteiger partial charge in [0, 0.05) is 19.1 Å². The second-order valence-electron chi connectivity index (χ2n) is 6.45. The number of ether oxygens (including phenoxy) is 1. The molecule has 96 valence electrons. The zero-order valence-electron chi connectivity index (χ0n) is 10.5. The lowest BCUT2D eigenvalue weighted by Gasteiger charge is -2.23. The Bertz CT molecular complexity index is 274. The number of hydrogen-bond acceptors (Lipinski definition) is 3. The number of rotatable bonds is 4. The van der Waals surface area contributed by atoms with Gasteiger partial charge in [0.25, 0.3) is 0 Å². The van der Waals surface area contributed by atoms with Gasteiger partial charge in [0.15, 0.2) is 0 Å². The van der Waals surface area contributed by atoms with Crippen LogP contribution in [0.2, 0.25) is 0 Å². The van der Waals surface area contributed by atoms with Crippen molar-refractivity contribution >= 4 is 0 Å². The second kappa shape index (κ2) is 4.22. The second-order valence-corrected chi connectivity index (χ2v) is 6.45. The normalized spacial score (nSPS) is 51.5. The average Bonchev–Trinajstić information content (AvgIpc) is 2.78. The molecule has 3 heteroatoms. The molecule has 4 aliphatic rings. The van der Waals surface area contributed by atoms with E-state index in [-0.39, 0.29) is 0 Å². The SMILES string of the molecule is C1COC(CCNC2C3C4CCC(C4)C23)CN1. The summed E-state index contributed by atoms with van der Waals surface area (Å²) in [6.45, 7) is 4.12. The molecule has 0 aromatic rings. The van der Waals surface area contributed by atoms with E-state index < -0.39 is 0 Å². The highest BCUT2D eigenvalue weighted by atomic mass is 16.5. The maximum absolute atomic E-state index is 5.73. The van der Waals surface area contributed by atoms with E-state index in [9.17, 15) is 0 Å². The first-order valence-electron chi connectivity index (χ1n) is 7.49. The van der Waals surface area contributed by atoms with E-state index in [1.54, 1.807) is 6.42 Å². The van der Waals surface area contributed by atoms with E-state index >= 15 is 0 Å². The quantitative estimate of drug-likeness (QED) is 0.764. The summed E-state index contributed by atoms with van der Waals surface area (Å²) < 4.78 is 5.73. The van der Waals surface area contributed by atoms with Crippen LogP contribution in [0.25, 0.3) is 0 Å². The fourth-order valence-electron chi connectivity index (χ4n) is 4.81. The molecule has 5 atom stereocenters. The first kappa shape index (κ1) is 10.8. The zero-order valence-corrected chi connectivity index (χ0v) is 10.5. The molecule has 0 aromatic heterocycles. The zero-order chi connectivity index (χ0) is 11.2. The number of nitrogens with one attached hydrogen (secondary N) is 2. The molecule has 0 radical (unpaired) electrons. The molecular formula is C14H24N2O. The first-order valence-corrected chi connectivity index (χ1v) is 7.49. The van der Waals surface area contributed by atoms with E-state index in [1.165, 1.54) is 19.3 Å². The Labute approximate surface area is 104 Å². The topological polar surface area (TPSA) is 33.3 Å². The fourth-order valence-corrected chi connectivity index (χ4v) is 4.81. The largest absolute Gasteiger partial charge is 0.376 e. The minimum Gasteiger partial charge on any atom is -0.376 e. The third kappa shape index (κ3) is 1.83. The van der Waals surface area contributed by atoms with Gasteiger partial charge in [-0.2, -0.15) is 0 Å². The summed E-state index contributed by atoms with van der Waals surface area (Å²) in [6, 6.07) is 0.887. The van der Waals surface area contributed by atoms with Crippen LogP contribution in [0.15, 0.2) is 0 Å². The number of hydrogen-bond donors (Lipinski definition) is 2. The van der Waals surface area contributed by atoms with Gasteiger partial charge in [-0.1, -0.05) is 0 Å². The van der Waals surface area contributed by atoms with Crippen LogP contribution in [0.5, 0.6) is 0 Å². The molecule has 0 amide bonds. The molecule has 4 rings (SSSR count). The van der Waals surface area contributed by atoms with E-state index in [4.69, 9.17) is 4.74 Å². The highest BCUT2D eigenvalue weighted by Crippen LogP contribution is 2.65. The van der Waals surface area contributed by atoms with Crippen LogP contribution >= 0.6 is 0 Å². The van der Waals surface area contributed by atoms with Crippen LogP contribution in [0.1, 0.15) is 25.7 Å². The number of morpholine rings is 1. The summed E-state index contributed by atoms with van der Waals surface area (Å²) in [5.41, 5.74) is 0. The molecule has 1 saturated heterocycles. The minimum absolute atomic E-state index is 0.451. The van der Waals surface area contributed by atoms with Crippen LogP contribution in [0.4, 0.5) is 0 Å². The maximum Gasteiger partial charge on any atom is 0.0712 e. The van der Waals surface area contributed by atoms with Gasteiger partial charge < -0.3 is 15.4 Å². The van der Waals surface area contributed by atoms with Crippen molar-refractivity contribution in [3.05, 3.63) is 0 Å². The van der Waals surface area contributed by atoms with Crippen LogP contribution in [-0.4, -0.2) is 38.4 Å². The predicted octanol–water partition coefficient (Wildman–Crippen LogP) is 0.999. The molecule has 1 heterocycles. The van der Waals surface area contributed by atoms with Gasteiger partial charge in [0.05, 0.1) is 12.7 Å². The van der Waals surface area contributed by atoms with E-state index in [0.717, 1.165) is 56.0 Å². The summed E-state index contributed by atoms with van der Waals surface area (Å²) in [4.78, 5) is 0. The molecule has 3 aliphatic carbocycles. The summed E-state index contributed by atoms with van der Waals surface area (Å²) in [6.07, 6.45) is 6.24. The Morgan fingerprint density at radius 3 is 2.71 bits per heavy atom. The standard InChI is InChI=1S/C14H24N2O/c1-2-10-7-9(1)12-13(10)14(12)16-4-3-11-8-15-5-6-17-11/h9-16H,1-8H2. The molecule has 0 spiro atoms. The van der Waals surface area contributed by atoms with Gasteiger partial charge in [-0.3, -0.25) is 0 Å². The van der Waals surface area contributed by atoms with Crippen LogP contribution in [0.3, 0.4) is 0 Å². The Morgan fingerprint density at radius 2 is 2.00 bits per heavy atom. The molecular weight excluding hydrogens is 212 g/mol. The van der Waals surface area contributed by atoms with Gasteiger partial charge in [-0.25, -0.2) is 0 Å². The summed E-state index contributed by atoms with van der Waals surface area (Å²) in [7, 11) is 0. The van der Waals surface area contributed by atoms with Crippen molar-refractivity contribution in [1.82, 2.24) is 10.6 Å². The predicted molar refractivity (Wildman–Crippen MR) is 66.8 cm³/mol. The molecule has 17 heavy (non-hydrogen) atoms. The van der Waals surface area contributed by atoms with Gasteiger partial charge in [-0.15, -0.1) is 0 Å². The number of fused-ring (bicyclic) bond motifs is 5. The average molecular weight is 236 g/mol. The molecule has 1 aliphatic heterocycles. The van der Waals surface area contributed by atoms with Crippen LogP contribution in [0, 0.1) is 23.7 Å². The molecule has 4 fully saturated rings. The van der Waals surface area contributed by atoms with Crippen molar-refractivity contribution in [2.45, 2.75) is 37.8 Å². The highest BCUT2D eigenvalue weighted by Gasteiger charge is 2.64. The highest BCUT2D eigenvalue weighted by molar-refractivity contribution is 5.16. The van der Waals surface area contributed by atoms with Crippen LogP contribution in [-0.2, 0) is 4.74 Å².